The zero-order chi connectivity index (χ0) is 16.8. The Kier molecular flexibility index (Phi) is 5.93. The van der Waals surface area contributed by atoms with Crippen molar-refractivity contribution in [3.05, 3.63) is 48.2 Å². The number of carbonyl (C=O) groups is 1. The van der Waals surface area contributed by atoms with Gasteiger partial charge in [0.25, 0.3) is 0 Å². The SMILES string of the molecule is Cc1ccc([C@@H](CNC(=O)CSc2ccncc2)N2CCCC2)o1. The van der Waals surface area contributed by atoms with Crippen molar-refractivity contribution in [1.29, 1.82) is 0 Å². The van der Waals surface area contributed by atoms with Crippen LogP contribution < -0.4 is 5.32 Å². The number of hydrogen-bond donors (Lipinski definition) is 1. The molecule has 1 N–H and O–H groups in total. The van der Waals surface area contributed by atoms with Gasteiger partial charge in [0.15, 0.2) is 0 Å². The van der Waals surface area contributed by atoms with Gasteiger partial charge in [-0.1, -0.05) is 0 Å². The van der Waals surface area contributed by atoms with Crippen molar-refractivity contribution in [2.24, 2.45) is 0 Å². The zero-order valence-electron chi connectivity index (χ0n) is 13.9. The number of nitrogens with one attached hydrogen (secondary N) is 1. The molecule has 1 saturated heterocycles. The lowest BCUT2D eigenvalue weighted by Gasteiger charge is -2.26. The number of aromatic nitrogens is 1. The highest BCUT2D eigenvalue weighted by molar-refractivity contribution is 8.00. The van der Waals surface area contributed by atoms with Gasteiger partial charge >= 0.3 is 0 Å². The van der Waals surface area contributed by atoms with Crippen molar-refractivity contribution < 1.29 is 9.21 Å². The summed E-state index contributed by atoms with van der Waals surface area (Å²) >= 11 is 1.52. The largest absolute Gasteiger partial charge is 0.465 e. The Morgan fingerprint density at radius 1 is 1.29 bits per heavy atom. The van der Waals surface area contributed by atoms with E-state index in [2.05, 4.69) is 15.2 Å². The van der Waals surface area contributed by atoms with Gasteiger partial charge in [0.1, 0.15) is 11.5 Å². The lowest BCUT2D eigenvalue weighted by atomic mass is 10.2. The van der Waals surface area contributed by atoms with Gasteiger partial charge in [0, 0.05) is 23.8 Å². The molecule has 0 spiro atoms. The van der Waals surface area contributed by atoms with E-state index < -0.39 is 0 Å². The minimum absolute atomic E-state index is 0.0456. The molecule has 128 valence electrons. The second kappa shape index (κ2) is 8.35. The molecule has 1 amide bonds. The van der Waals surface area contributed by atoms with Gasteiger partial charge in [-0.3, -0.25) is 14.7 Å². The first kappa shape index (κ1) is 17.0. The van der Waals surface area contributed by atoms with Gasteiger partial charge in [-0.15, -0.1) is 11.8 Å². The van der Waals surface area contributed by atoms with E-state index in [1.165, 1.54) is 24.6 Å². The van der Waals surface area contributed by atoms with Crippen LogP contribution in [0.1, 0.15) is 30.4 Å². The fourth-order valence-corrected chi connectivity index (χ4v) is 3.65. The molecule has 1 aliphatic rings. The molecular formula is C18H23N3O2S. The number of amides is 1. The van der Waals surface area contributed by atoms with E-state index in [1.807, 2.05) is 31.2 Å². The fourth-order valence-electron chi connectivity index (χ4n) is 2.94. The summed E-state index contributed by atoms with van der Waals surface area (Å²) in [6.45, 7) is 4.66. The van der Waals surface area contributed by atoms with Gasteiger partial charge in [0.05, 0.1) is 11.8 Å². The number of furan rings is 1. The monoisotopic (exact) mass is 345 g/mol. The maximum absolute atomic E-state index is 12.2. The molecule has 1 aliphatic heterocycles. The van der Waals surface area contributed by atoms with Crippen molar-refractivity contribution in [2.75, 3.05) is 25.4 Å². The highest BCUT2D eigenvalue weighted by Crippen LogP contribution is 2.26. The lowest BCUT2D eigenvalue weighted by Crippen LogP contribution is -2.37. The molecule has 0 aliphatic carbocycles. The molecule has 2 aromatic rings. The standard InChI is InChI=1S/C18H23N3O2S/c1-14-4-5-17(23-14)16(21-10-2-3-11-21)12-20-18(22)13-24-15-6-8-19-9-7-15/h4-9,16H,2-3,10-13H2,1H3,(H,20,22)/t16-/m1/s1. The number of aryl methyl sites for hydroxylation is 1. The van der Waals surface area contributed by atoms with Gasteiger partial charge < -0.3 is 9.73 Å². The molecule has 0 bridgehead atoms. The quantitative estimate of drug-likeness (QED) is 0.782. The average Bonchev–Trinajstić information content (AvgIpc) is 3.27. The number of likely N-dealkylation sites (tertiary alicyclic amines) is 1. The molecule has 1 fully saturated rings. The molecule has 0 unspecified atom stereocenters. The van der Waals surface area contributed by atoms with E-state index in [0.29, 0.717) is 12.3 Å². The summed E-state index contributed by atoms with van der Waals surface area (Å²) in [5.74, 6) is 2.31. The summed E-state index contributed by atoms with van der Waals surface area (Å²) in [5, 5.41) is 3.06. The van der Waals surface area contributed by atoms with Crippen molar-refractivity contribution in [3.63, 3.8) is 0 Å². The minimum Gasteiger partial charge on any atom is -0.465 e. The molecule has 3 rings (SSSR count). The van der Waals surface area contributed by atoms with Crippen LogP contribution in [0.5, 0.6) is 0 Å². The van der Waals surface area contributed by atoms with E-state index in [-0.39, 0.29) is 11.9 Å². The van der Waals surface area contributed by atoms with Crippen LogP contribution in [0.25, 0.3) is 0 Å². The number of rotatable bonds is 7. The second-order valence-electron chi connectivity index (χ2n) is 5.98. The predicted octanol–water partition coefficient (Wildman–Crippen LogP) is 3.03. The maximum Gasteiger partial charge on any atom is 0.230 e. The summed E-state index contributed by atoms with van der Waals surface area (Å²) in [4.78, 5) is 19.6. The van der Waals surface area contributed by atoms with Gasteiger partial charge in [-0.2, -0.15) is 0 Å². The van der Waals surface area contributed by atoms with E-state index in [4.69, 9.17) is 4.42 Å². The van der Waals surface area contributed by atoms with Gasteiger partial charge in [-0.05, 0) is 57.1 Å². The lowest BCUT2D eigenvalue weighted by molar-refractivity contribution is -0.118. The number of thioether (sulfide) groups is 1. The van der Waals surface area contributed by atoms with E-state index in [9.17, 15) is 4.79 Å². The first-order valence-corrected chi connectivity index (χ1v) is 9.31. The van der Waals surface area contributed by atoms with Crippen molar-refractivity contribution in [1.82, 2.24) is 15.2 Å². The Labute approximate surface area is 146 Å². The van der Waals surface area contributed by atoms with Crippen LogP contribution in [0.3, 0.4) is 0 Å². The summed E-state index contributed by atoms with van der Waals surface area (Å²) in [5.41, 5.74) is 0. The van der Waals surface area contributed by atoms with Crippen LogP contribution in [0.2, 0.25) is 0 Å². The highest BCUT2D eigenvalue weighted by atomic mass is 32.2. The van der Waals surface area contributed by atoms with Gasteiger partial charge in [0.2, 0.25) is 5.91 Å². The molecule has 3 heterocycles. The van der Waals surface area contributed by atoms with Crippen LogP contribution in [0, 0.1) is 6.92 Å². The molecule has 0 aromatic carbocycles. The Balaban J connectivity index is 1.54. The Hall–Kier alpha value is -1.79. The molecule has 2 aromatic heterocycles. The second-order valence-corrected chi connectivity index (χ2v) is 7.03. The van der Waals surface area contributed by atoms with Crippen LogP contribution in [0.15, 0.2) is 46.0 Å². The molecule has 0 radical (unpaired) electrons. The van der Waals surface area contributed by atoms with Crippen molar-refractivity contribution in [2.45, 2.75) is 30.7 Å². The molecule has 0 saturated carbocycles. The number of pyridine rings is 1. The smallest absolute Gasteiger partial charge is 0.230 e. The van der Waals surface area contributed by atoms with Crippen LogP contribution in [-0.4, -0.2) is 41.2 Å². The molecular weight excluding hydrogens is 322 g/mol. The summed E-state index contributed by atoms with van der Waals surface area (Å²) in [6.07, 6.45) is 5.90. The van der Waals surface area contributed by atoms with Crippen molar-refractivity contribution in [3.8, 4) is 0 Å². The first-order valence-electron chi connectivity index (χ1n) is 8.32. The highest BCUT2D eigenvalue weighted by Gasteiger charge is 2.26. The number of hydrogen-bond acceptors (Lipinski definition) is 5. The topological polar surface area (TPSA) is 58.4 Å². The van der Waals surface area contributed by atoms with Crippen LogP contribution in [0.4, 0.5) is 0 Å². The van der Waals surface area contributed by atoms with Crippen molar-refractivity contribution >= 4 is 17.7 Å². The average molecular weight is 345 g/mol. The summed E-state index contributed by atoms with van der Waals surface area (Å²) in [6, 6.07) is 7.96. The van der Waals surface area contributed by atoms with E-state index in [1.54, 1.807) is 12.4 Å². The maximum atomic E-state index is 12.2. The minimum atomic E-state index is 0.0456. The fraction of sp³-hybridized carbons (Fsp3) is 0.444. The summed E-state index contributed by atoms with van der Waals surface area (Å²) in [7, 11) is 0. The van der Waals surface area contributed by atoms with Crippen LogP contribution in [-0.2, 0) is 4.79 Å². The Bertz CT molecular complexity index is 653. The Morgan fingerprint density at radius 3 is 2.71 bits per heavy atom. The van der Waals surface area contributed by atoms with Gasteiger partial charge in [-0.25, -0.2) is 0 Å². The zero-order valence-corrected chi connectivity index (χ0v) is 14.7. The molecule has 24 heavy (non-hydrogen) atoms. The third-order valence-electron chi connectivity index (χ3n) is 4.18. The molecule has 6 heteroatoms. The number of carbonyl (C=O) groups excluding carboxylic acids is 1. The normalized spacial score (nSPS) is 16.2. The number of nitrogens with zero attached hydrogens (tertiary/aromatic N) is 2. The third kappa shape index (κ3) is 4.61. The summed E-state index contributed by atoms with van der Waals surface area (Å²) < 4.78 is 5.81. The Morgan fingerprint density at radius 2 is 2.04 bits per heavy atom. The first-order chi connectivity index (χ1) is 11.7. The van der Waals surface area contributed by atoms with E-state index in [0.717, 1.165) is 29.5 Å². The third-order valence-corrected chi connectivity index (χ3v) is 5.20. The van der Waals surface area contributed by atoms with E-state index >= 15 is 0 Å². The molecule has 1 atom stereocenters. The van der Waals surface area contributed by atoms with Crippen LogP contribution >= 0.6 is 11.8 Å². The predicted molar refractivity (Wildman–Crippen MR) is 95.0 cm³/mol. The molecule has 5 nitrogen and oxygen atoms in total.